The van der Waals surface area contributed by atoms with Gasteiger partial charge in [0.25, 0.3) is 0 Å². The van der Waals surface area contributed by atoms with Gasteiger partial charge >= 0.3 is 0 Å². The number of fused-ring (bicyclic) bond motifs is 6. The van der Waals surface area contributed by atoms with Crippen LogP contribution in [0.3, 0.4) is 0 Å². The molecule has 8 aromatic carbocycles. The third-order valence-corrected chi connectivity index (χ3v) is 10.4. The molecule has 0 saturated carbocycles. The quantitative estimate of drug-likeness (QED) is 0.174. The summed E-state index contributed by atoms with van der Waals surface area (Å²) in [5.74, 6) is 0. The van der Waals surface area contributed by atoms with Gasteiger partial charge in [0.1, 0.15) is 0 Å². The van der Waals surface area contributed by atoms with Gasteiger partial charge in [-0.1, -0.05) is 146 Å². The number of aromatic nitrogens is 1. The smallest absolute Gasteiger partial charge is 0.0547 e. The first-order valence-corrected chi connectivity index (χ1v) is 17.7. The van der Waals surface area contributed by atoms with Crippen molar-refractivity contribution in [3.8, 4) is 39.1 Å². The molecule has 2 nitrogen and oxygen atoms in total. The van der Waals surface area contributed by atoms with Crippen LogP contribution < -0.4 is 4.90 Å². The van der Waals surface area contributed by atoms with Crippen molar-refractivity contribution in [3.05, 3.63) is 205 Å². The van der Waals surface area contributed by atoms with Crippen molar-refractivity contribution in [1.29, 1.82) is 0 Å². The normalized spacial score (nSPS) is 11.8. The van der Waals surface area contributed by atoms with E-state index in [4.69, 9.17) is 0 Å². The Labute approximate surface area is 298 Å². The fourth-order valence-electron chi connectivity index (χ4n) is 8.14. The molecule has 1 aromatic heterocycles. The maximum Gasteiger partial charge on any atom is 0.0547 e. The Hall–Kier alpha value is -6.64. The lowest BCUT2D eigenvalue weighted by atomic mass is 9.99. The highest BCUT2D eigenvalue weighted by molar-refractivity contribution is 6.16. The monoisotopic (exact) mass is 650 g/mol. The van der Waals surface area contributed by atoms with E-state index in [1.807, 2.05) is 0 Å². The summed E-state index contributed by atoms with van der Waals surface area (Å²) in [6, 6.07) is 70.6. The molecule has 2 heteroatoms. The summed E-state index contributed by atoms with van der Waals surface area (Å²) in [5, 5.41) is 2.54. The van der Waals surface area contributed by atoms with Gasteiger partial charge in [0, 0.05) is 34.3 Å². The topological polar surface area (TPSA) is 8.17 Å². The van der Waals surface area contributed by atoms with Gasteiger partial charge in [-0.2, -0.15) is 0 Å². The van der Waals surface area contributed by atoms with Gasteiger partial charge in [-0.25, -0.2) is 0 Å². The maximum absolute atomic E-state index is 2.52. The molecule has 0 amide bonds. The highest BCUT2D eigenvalue weighted by Gasteiger charge is 2.27. The van der Waals surface area contributed by atoms with Crippen LogP contribution in [0.1, 0.15) is 11.1 Å². The Morgan fingerprint density at radius 3 is 1.82 bits per heavy atom. The number of hydrogen-bond acceptors (Lipinski definition) is 1. The molecule has 0 N–H and O–H groups in total. The lowest BCUT2D eigenvalue weighted by Gasteiger charge is -2.28. The summed E-state index contributed by atoms with van der Waals surface area (Å²) in [5.41, 5.74) is 17.2. The molecule has 0 atom stereocenters. The molecule has 0 aliphatic heterocycles. The predicted octanol–water partition coefficient (Wildman–Crippen LogP) is 13.2. The van der Waals surface area contributed by atoms with E-state index >= 15 is 0 Å². The van der Waals surface area contributed by atoms with E-state index in [-0.39, 0.29) is 0 Å². The number of benzene rings is 8. The molecule has 240 valence electrons. The van der Waals surface area contributed by atoms with E-state index in [2.05, 4.69) is 204 Å². The second-order valence-corrected chi connectivity index (χ2v) is 13.3. The van der Waals surface area contributed by atoms with Crippen molar-refractivity contribution in [2.45, 2.75) is 6.42 Å². The van der Waals surface area contributed by atoms with Crippen LogP contribution in [0.15, 0.2) is 194 Å². The van der Waals surface area contributed by atoms with E-state index in [1.54, 1.807) is 0 Å². The zero-order valence-electron chi connectivity index (χ0n) is 28.1. The van der Waals surface area contributed by atoms with Gasteiger partial charge in [-0.15, -0.1) is 0 Å². The third kappa shape index (κ3) is 4.87. The van der Waals surface area contributed by atoms with Crippen molar-refractivity contribution < 1.29 is 0 Å². The number of para-hydroxylation sites is 2. The first-order chi connectivity index (χ1) is 25.3. The van der Waals surface area contributed by atoms with Crippen LogP contribution >= 0.6 is 0 Å². The molecule has 1 heterocycles. The molecule has 10 rings (SSSR count). The SMILES string of the molecule is c1ccc(-c2cccc(N(c3ccccc3)c3cc4c(c(-n5c6ccccc6c6c(-c7ccccc7)cccc65)c3)Cc3ccccc3-4)c2)cc1. The number of hydrogen-bond donors (Lipinski definition) is 0. The van der Waals surface area contributed by atoms with Gasteiger partial charge < -0.3 is 9.47 Å². The van der Waals surface area contributed by atoms with Crippen LogP contribution in [0.2, 0.25) is 0 Å². The van der Waals surface area contributed by atoms with Crippen LogP contribution in [0.25, 0.3) is 60.9 Å². The lowest BCUT2D eigenvalue weighted by Crippen LogP contribution is -2.11. The van der Waals surface area contributed by atoms with Gasteiger partial charge in [0.15, 0.2) is 0 Å². The largest absolute Gasteiger partial charge is 0.310 e. The fourth-order valence-corrected chi connectivity index (χ4v) is 8.14. The predicted molar refractivity (Wildman–Crippen MR) is 215 cm³/mol. The zero-order chi connectivity index (χ0) is 33.7. The minimum atomic E-state index is 0.891. The molecular weight excluding hydrogens is 617 g/mol. The molecule has 51 heavy (non-hydrogen) atoms. The van der Waals surface area contributed by atoms with Gasteiger partial charge in [-0.05, 0) is 93.0 Å². The van der Waals surface area contributed by atoms with Crippen molar-refractivity contribution in [2.75, 3.05) is 4.90 Å². The lowest BCUT2D eigenvalue weighted by molar-refractivity contribution is 1.11. The molecule has 1 aliphatic carbocycles. The minimum absolute atomic E-state index is 0.891. The third-order valence-electron chi connectivity index (χ3n) is 10.4. The summed E-state index contributed by atoms with van der Waals surface area (Å²) in [7, 11) is 0. The van der Waals surface area contributed by atoms with Gasteiger partial charge in [0.05, 0.1) is 16.7 Å². The number of nitrogens with zero attached hydrogens (tertiary/aromatic N) is 2. The Balaban J connectivity index is 1.27. The summed E-state index contributed by atoms with van der Waals surface area (Å²) >= 11 is 0. The van der Waals surface area contributed by atoms with E-state index in [0.29, 0.717) is 0 Å². The Bertz CT molecular complexity index is 2710. The summed E-state index contributed by atoms with van der Waals surface area (Å²) in [6.07, 6.45) is 0.891. The van der Waals surface area contributed by atoms with Crippen LogP contribution in [0.5, 0.6) is 0 Å². The fraction of sp³-hybridized carbons (Fsp3) is 0.0204. The average Bonchev–Trinajstić information content (AvgIpc) is 3.75. The van der Waals surface area contributed by atoms with E-state index in [9.17, 15) is 0 Å². The van der Waals surface area contributed by atoms with Crippen LogP contribution in [-0.2, 0) is 6.42 Å². The summed E-state index contributed by atoms with van der Waals surface area (Å²) in [6.45, 7) is 0. The molecule has 0 bridgehead atoms. The van der Waals surface area contributed by atoms with Gasteiger partial charge in [0.2, 0.25) is 0 Å². The zero-order valence-corrected chi connectivity index (χ0v) is 28.1. The molecule has 0 saturated heterocycles. The standard InChI is InChI=1S/C49H34N2/c1-4-16-34(17-5-1)36-21-14-24-39(30-36)50(38-22-8-3-9-23-38)40-32-44-41-25-11-10-20-37(41)31-45(44)48(33-40)51-46-28-13-12-26-43(46)49-42(27-15-29-47(49)51)35-18-6-2-7-19-35/h1-30,32-33H,31H2. The number of rotatable bonds is 6. The first-order valence-electron chi connectivity index (χ1n) is 17.7. The van der Waals surface area contributed by atoms with Crippen LogP contribution in [0, 0.1) is 0 Å². The summed E-state index contributed by atoms with van der Waals surface area (Å²) in [4.78, 5) is 2.42. The molecular formula is C49H34N2. The van der Waals surface area contributed by atoms with Crippen LogP contribution in [-0.4, -0.2) is 4.57 Å². The molecule has 0 spiro atoms. The van der Waals surface area contributed by atoms with E-state index in [1.165, 1.54) is 72.0 Å². The molecule has 0 radical (unpaired) electrons. The molecule has 0 fully saturated rings. The highest BCUT2D eigenvalue weighted by Crippen LogP contribution is 2.48. The Morgan fingerprint density at radius 2 is 1.00 bits per heavy atom. The van der Waals surface area contributed by atoms with E-state index < -0.39 is 0 Å². The van der Waals surface area contributed by atoms with Gasteiger partial charge in [-0.3, -0.25) is 0 Å². The second kappa shape index (κ2) is 12.0. The number of anilines is 3. The first kappa shape index (κ1) is 29.3. The Morgan fingerprint density at radius 1 is 0.392 bits per heavy atom. The highest BCUT2D eigenvalue weighted by atomic mass is 15.1. The van der Waals surface area contributed by atoms with Crippen molar-refractivity contribution >= 4 is 38.9 Å². The molecule has 0 unspecified atom stereocenters. The maximum atomic E-state index is 2.52. The second-order valence-electron chi connectivity index (χ2n) is 13.3. The van der Waals surface area contributed by atoms with E-state index in [0.717, 1.165) is 23.5 Å². The summed E-state index contributed by atoms with van der Waals surface area (Å²) < 4.78 is 2.52. The average molecular weight is 651 g/mol. The van der Waals surface area contributed by atoms with Crippen molar-refractivity contribution in [3.63, 3.8) is 0 Å². The molecule has 1 aliphatic rings. The minimum Gasteiger partial charge on any atom is -0.310 e. The molecule has 9 aromatic rings. The van der Waals surface area contributed by atoms with Crippen molar-refractivity contribution in [2.24, 2.45) is 0 Å². The van der Waals surface area contributed by atoms with Crippen LogP contribution in [0.4, 0.5) is 17.1 Å². The Kier molecular flexibility index (Phi) is 6.92. The van der Waals surface area contributed by atoms with Crippen molar-refractivity contribution in [1.82, 2.24) is 4.57 Å².